The lowest BCUT2D eigenvalue weighted by molar-refractivity contribution is -0.134. The fraction of sp³-hybridized carbons (Fsp3) is 0.211. The van der Waals surface area contributed by atoms with Gasteiger partial charge in [0.25, 0.3) is 5.91 Å². The van der Waals surface area contributed by atoms with Gasteiger partial charge < -0.3 is 4.74 Å². The molecule has 0 atom stereocenters. The summed E-state index contributed by atoms with van der Waals surface area (Å²) in [5, 5.41) is 9.27. The third kappa shape index (κ3) is 3.30. The molecule has 1 aromatic carbocycles. The normalized spacial score (nSPS) is 12.0. The maximum Gasteiger partial charge on any atom is 0.253 e. The number of benzene rings is 1. The lowest BCUT2D eigenvalue weighted by Gasteiger charge is -2.22. The molecule has 0 aliphatic carbocycles. The fourth-order valence-electron chi connectivity index (χ4n) is 2.78. The smallest absolute Gasteiger partial charge is 0.253 e. The van der Waals surface area contributed by atoms with E-state index in [1.807, 2.05) is 0 Å². The number of nitrogens with one attached hydrogen (secondary N) is 1. The van der Waals surface area contributed by atoms with E-state index in [1.54, 1.807) is 43.6 Å². The molecule has 2 heterocycles. The van der Waals surface area contributed by atoms with E-state index in [4.69, 9.17) is 9.94 Å². The minimum atomic E-state index is -3.84. The predicted octanol–water partition coefficient (Wildman–Crippen LogP) is 2.25. The molecule has 2 aromatic heterocycles. The molecule has 0 bridgehead atoms. The predicted molar refractivity (Wildman–Crippen MR) is 101 cm³/mol. The summed E-state index contributed by atoms with van der Waals surface area (Å²) >= 11 is 0. The van der Waals surface area contributed by atoms with Crippen molar-refractivity contribution >= 4 is 26.8 Å². The average Bonchev–Trinajstić information content (AvgIpc) is 2.72. The molecule has 9 heteroatoms. The zero-order valence-corrected chi connectivity index (χ0v) is 16.3. The number of methoxy groups -OCH3 is 1. The number of nitrogens with zero attached hydrogens (tertiary/aromatic N) is 2. The molecule has 2 N–H and O–H groups in total. The monoisotopic (exact) mass is 401 g/mol. The van der Waals surface area contributed by atoms with Crippen LogP contribution in [0.25, 0.3) is 11.0 Å². The van der Waals surface area contributed by atoms with Gasteiger partial charge in [0.1, 0.15) is 0 Å². The molecular formula is C19H19N3O5S. The van der Waals surface area contributed by atoms with Crippen LogP contribution in [0.5, 0.6) is 5.88 Å². The Labute approximate surface area is 162 Å². The van der Waals surface area contributed by atoms with Gasteiger partial charge in [0.05, 0.1) is 22.3 Å². The second-order valence-electron chi connectivity index (χ2n) is 6.63. The highest BCUT2D eigenvalue weighted by atomic mass is 32.2. The van der Waals surface area contributed by atoms with E-state index < -0.39 is 21.2 Å². The lowest BCUT2D eigenvalue weighted by atomic mass is 9.84. The maximum atomic E-state index is 13.1. The van der Waals surface area contributed by atoms with Crippen LogP contribution in [0.3, 0.4) is 0 Å². The first-order valence-corrected chi connectivity index (χ1v) is 9.80. The maximum absolute atomic E-state index is 13.1. The van der Waals surface area contributed by atoms with Gasteiger partial charge in [-0.15, -0.1) is 0 Å². The molecule has 3 rings (SSSR count). The van der Waals surface area contributed by atoms with Crippen molar-refractivity contribution in [2.24, 2.45) is 0 Å². The van der Waals surface area contributed by atoms with Gasteiger partial charge in [0.2, 0.25) is 15.7 Å². The summed E-state index contributed by atoms with van der Waals surface area (Å²) in [5.41, 5.74) is 1.42. The Morgan fingerprint density at radius 2 is 1.79 bits per heavy atom. The quantitative estimate of drug-likeness (QED) is 0.497. The van der Waals surface area contributed by atoms with Crippen molar-refractivity contribution < 1.29 is 23.2 Å². The molecule has 28 heavy (non-hydrogen) atoms. The van der Waals surface area contributed by atoms with Crippen molar-refractivity contribution in [2.45, 2.75) is 29.1 Å². The molecule has 0 spiro atoms. The fourth-order valence-corrected chi connectivity index (χ4v) is 4.22. The molecule has 0 radical (unpaired) electrons. The summed E-state index contributed by atoms with van der Waals surface area (Å²) in [7, 11) is -2.38. The van der Waals surface area contributed by atoms with Gasteiger partial charge in [0.15, 0.2) is 5.65 Å². The van der Waals surface area contributed by atoms with Crippen molar-refractivity contribution in [3.05, 3.63) is 54.2 Å². The van der Waals surface area contributed by atoms with E-state index in [2.05, 4.69) is 9.97 Å². The lowest BCUT2D eigenvalue weighted by Crippen LogP contribution is -2.38. The van der Waals surface area contributed by atoms with Crippen LogP contribution in [0.2, 0.25) is 0 Å². The van der Waals surface area contributed by atoms with Crippen molar-refractivity contribution in [1.82, 2.24) is 15.4 Å². The van der Waals surface area contributed by atoms with Crippen LogP contribution in [0.15, 0.2) is 58.5 Å². The van der Waals surface area contributed by atoms with Gasteiger partial charge in [-0.2, -0.15) is 4.98 Å². The molecule has 0 unspecified atom stereocenters. The standard InChI is InChI=1S/C19H19N3O5S/c1-19(2,18(23)22-24)12-4-6-13(7-5-12)28(25,26)15-10-11-20-17-14(15)8-9-16(21-17)27-3/h4-11,24H,1-3H3,(H,22,23). The third-order valence-corrected chi connectivity index (χ3v) is 6.42. The molecule has 0 saturated carbocycles. The van der Waals surface area contributed by atoms with Crippen LogP contribution in [-0.4, -0.2) is 36.6 Å². The molecule has 1 amide bonds. The van der Waals surface area contributed by atoms with Crippen LogP contribution in [0.4, 0.5) is 0 Å². The Bertz CT molecular complexity index is 1140. The van der Waals surface area contributed by atoms with Crippen LogP contribution in [0.1, 0.15) is 19.4 Å². The Balaban J connectivity index is 2.07. The number of fused-ring (bicyclic) bond motifs is 1. The summed E-state index contributed by atoms with van der Waals surface area (Å²) < 4.78 is 31.3. The summed E-state index contributed by atoms with van der Waals surface area (Å²) in [5.74, 6) is -0.258. The number of amides is 1. The number of hydrogen-bond donors (Lipinski definition) is 2. The third-order valence-electron chi connectivity index (χ3n) is 4.59. The van der Waals surface area contributed by atoms with Gasteiger partial charge in [-0.05, 0) is 43.7 Å². The van der Waals surface area contributed by atoms with Gasteiger partial charge in [-0.3, -0.25) is 10.0 Å². The van der Waals surface area contributed by atoms with Gasteiger partial charge in [0, 0.05) is 17.6 Å². The summed E-state index contributed by atoms with van der Waals surface area (Å²) in [4.78, 5) is 20.3. The van der Waals surface area contributed by atoms with E-state index in [-0.39, 0.29) is 15.4 Å². The molecule has 0 saturated heterocycles. The number of ether oxygens (including phenoxy) is 1. The van der Waals surface area contributed by atoms with E-state index in [1.165, 1.54) is 31.5 Å². The average molecular weight is 401 g/mol. The second kappa shape index (κ2) is 7.17. The largest absolute Gasteiger partial charge is 0.481 e. The highest BCUT2D eigenvalue weighted by Gasteiger charge is 2.30. The SMILES string of the molecule is COc1ccc2c(S(=O)(=O)c3ccc(C(C)(C)C(=O)NO)cc3)ccnc2n1. The molecule has 0 aliphatic rings. The van der Waals surface area contributed by atoms with Gasteiger partial charge >= 0.3 is 0 Å². The summed E-state index contributed by atoms with van der Waals surface area (Å²) in [6.45, 7) is 3.25. The number of sulfone groups is 1. The molecule has 3 aromatic rings. The minimum Gasteiger partial charge on any atom is -0.481 e. The topological polar surface area (TPSA) is 118 Å². The zero-order chi connectivity index (χ0) is 20.5. The van der Waals surface area contributed by atoms with Crippen LogP contribution in [0, 0.1) is 0 Å². The molecule has 146 valence electrons. The Hall–Kier alpha value is -3.04. The van der Waals surface area contributed by atoms with Crippen LogP contribution >= 0.6 is 0 Å². The zero-order valence-electron chi connectivity index (χ0n) is 15.5. The summed E-state index contributed by atoms with van der Waals surface area (Å²) in [6.07, 6.45) is 1.38. The molecule has 0 fully saturated rings. The molecule has 8 nitrogen and oxygen atoms in total. The first-order chi connectivity index (χ1) is 13.2. The number of aromatic nitrogens is 2. The van der Waals surface area contributed by atoms with E-state index >= 15 is 0 Å². The van der Waals surface area contributed by atoms with Gasteiger partial charge in [-0.1, -0.05) is 12.1 Å². The van der Waals surface area contributed by atoms with E-state index in [0.29, 0.717) is 16.8 Å². The number of carbonyl (C=O) groups is 1. The number of hydrogen-bond acceptors (Lipinski definition) is 7. The molecular weight excluding hydrogens is 382 g/mol. The van der Waals surface area contributed by atoms with E-state index in [0.717, 1.165) is 0 Å². The van der Waals surface area contributed by atoms with Crippen molar-refractivity contribution in [2.75, 3.05) is 7.11 Å². The first-order valence-electron chi connectivity index (χ1n) is 8.31. The van der Waals surface area contributed by atoms with Crippen LogP contribution < -0.4 is 10.2 Å². The van der Waals surface area contributed by atoms with Crippen LogP contribution in [-0.2, 0) is 20.0 Å². The first kappa shape index (κ1) is 19.7. The van der Waals surface area contributed by atoms with Crippen molar-refractivity contribution in [3.63, 3.8) is 0 Å². The van der Waals surface area contributed by atoms with Gasteiger partial charge in [-0.25, -0.2) is 18.9 Å². The highest BCUT2D eigenvalue weighted by Crippen LogP contribution is 2.30. The molecule has 0 aliphatic heterocycles. The highest BCUT2D eigenvalue weighted by molar-refractivity contribution is 7.91. The number of rotatable bonds is 5. The Kier molecular flexibility index (Phi) is 5.05. The Morgan fingerprint density at radius 1 is 1.11 bits per heavy atom. The number of hydroxylamine groups is 1. The Morgan fingerprint density at radius 3 is 2.39 bits per heavy atom. The van der Waals surface area contributed by atoms with E-state index in [9.17, 15) is 13.2 Å². The van der Waals surface area contributed by atoms with Crippen molar-refractivity contribution in [1.29, 1.82) is 0 Å². The number of carbonyl (C=O) groups excluding carboxylic acids is 1. The second-order valence-corrected chi connectivity index (χ2v) is 8.55. The number of pyridine rings is 2. The summed E-state index contributed by atoms with van der Waals surface area (Å²) in [6, 6.07) is 10.6. The van der Waals surface area contributed by atoms with Crippen molar-refractivity contribution in [3.8, 4) is 5.88 Å². The minimum absolute atomic E-state index is 0.0692.